The fourth-order valence-electron chi connectivity index (χ4n) is 2.79. The number of nitrogens with zero attached hydrogens (tertiary/aromatic N) is 2. The van der Waals surface area contributed by atoms with Crippen molar-refractivity contribution in [2.75, 3.05) is 23.4 Å². The van der Waals surface area contributed by atoms with Gasteiger partial charge in [-0.3, -0.25) is 0 Å². The molecule has 0 spiro atoms. The Labute approximate surface area is 155 Å². The highest BCUT2D eigenvalue weighted by Crippen LogP contribution is 2.43. The molecule has 0 saturated heterocycles. The number of nitrogens with one attached hydrogen (secondary N) is 3. The van der Waals surface area contributed by atoms with Gasteiger partial charge in [-0.15, -0.1) is 0 Å². The van der Waals surface area contributed by atoms with E-state index in [9.17, 15) is 8.78 Å². The highest BCUT2D eigenvalue weighted by Gasteiger charge is 2.39. The summed E-state index contributed by atoms with van der Waals surface area (Å²) in [7, 11) is 1.76. The van der Waals surface area contributed by atoms with Gasteiger partial charge in [0.15, 0.2) is 16.8 Å². The van der Waals surface area contributed by atoms with Crippen LogP contribution in [-0.4, -0.2) is 35.0 Å². The fourth-order valence-corrected chi connectivity index (χ4v) is 3.48. The molecule has 0 radical (unpaired) electrons. The van der Waals surface area contributed by atoms with Crippen LogP contribution in [0.25, 0.3) is 0 Å². The number of aromatic nitrogens is 2. The monoisotopic (exact) mass is 377 g/mol. The molecule has 1 saturated carbocycles. The van der Waals surface area contributed by atoms with E-state index in [1.807, 2.05) is 0 Å². The van der Waals surface area contributed by atoms with Gasteiger partial charge in [-0.25, -0.2) is 18.7 Å². The second kappa shape index (κ2) is 7.99. The molecule has 0 bridgehead atoms. The maximum atomic E-state index is 13.5. The SMILES string of the molecule is CCCSc1nc(NC)c(C=N)c(N[C@@H]2C[C@H]2c2ccc(F)c(F)c2)n1. The zero-order chi connectivity index (χ0) is 18.7. The molecule has 1 aliphatic carbocycles. The van der Waals surface area contributed by atoms with Gasteiger partial charge in [0.05, 0.1) is 5.56 Å². The summed E-state index contributed by atoms with van der Waals surface area (Å²) in [4.78, 5) is 8.99. The third-order valence-corrected chi connectivity index (χ3v) is 5.28. The maximum absolute atomic E-state index is 13.5. The van der Waals surface area contributed by atoms with Crippen molar-refractivity contribution in [1.29, 1.82) is 5.41 Å². The summed E-state index contributed by atoms with van der Waals surface area (Å²) in [5, 5.41) is 14.7. The smallest absolute Gasteiger partial charge is 0.191 e. The van der Waals surface area contributed by atoms with Gasteiger partial charge in [0.2, 0.25) is 0 Å². The predicted octanol–water partition coefficient (Wildman–Crippen LogP) is 4.26. The zero-order valence-electron chi connectivity index (χ0n) is 14.6. The Morgan fingerprint density at radius 2 is 2.04 bits per heavy atom. The largest absolute Gasteiger partial charge is 0.372 e. The Balaban J connectivity index is 1.80. The average Bonchev–Trinajstić information content (AvgIpc) is 3.40. The number of hydrogen-bond acceptors (Lipinski definition) is 6. The number of thioether (sulfide) groups is 1. The first kappa shape index (κ1) is 18.6. The molecule has 1 heterocycles. The molecule has 2 atom stereocenters. The van der Waals surface area contributed by atoms with Crippen LogP contribution in [0.4, 0.5) is 20.4 Å². The van der Waals surface area contributed by atoms with Gasteiger partial charge in [-0.2, -0.15) is 0 Å². The van der Waals surface area contributed by atoms with Crippen LogP contribution in [0, 0.1) is 17.0 Å². The maximum Gasteiger partial charge on any atom is 0.191 e. The van der Waals surface area contributed by atoms with E-state index in [0.717, 1.165) is 30.2 Å². The van der Waals surface area contributed by atoms with E-state index in [0.29, 0.717) is 22.4 Å². The first-order valence-corrected chi connectivity index (χ1v) is 9.50. The number of hydrogen-bond donors (Lipinski definition) is 3. The average molecular weight is 377 g/mol. The van der Waals surface area contributed by atoms with E-state index >= 15 is 0 Å². The summed E-state index contributed by atoms with van der Waals surface area (Å²) in [6, 6.07) is 4.10. The lowest BCUT2D eigenvalue weighted by molar-refractivity contribution is 0.507. The second-order valence-electron chi connectivity index (χ2n) is 6.13. The molecule has 2 aromatic rings. The number of benzene rings is 1. The Kier molecular flexibility index (Phi) is 5.70. The highest BCUT2D eigenvalue weighted by atomic mass is 32.2. The van der Waals surface area contributed by atoms with Gasteiger partial charge in [0.25, 0.3) is 0 Å². The van der Waals surface area contributed by atoms with E-state index in [4.69, 9.17) is 5.41 Å². The van der Waals surface area contributed by atoms with Crippen LogP contribution in [0.2, 0.25) is 0 Å². The van der Waals surface area contributed by atoms with Gasteiger partial charge in [-0.05, 0) is 30.5 Å². The molecular weight excluding hydrogens is 356 g/mol. The zero-order valence-corrected chi connectivity index (χ0v) is 15.5. The van der Waals surface area contributed by atoms with Gasteiger partial charge in [0, 0.05) is 31.0 Å². The molecule has 8 heteroatoms. The van der Waals surface area contributed by atoms with Gasteiger partial charge in [-0.1, -0.05) is 24.8 Å². The van der Waals surface area contributed by atoms with Gasteiger partial charge >= 0.3 is 0 Å². The predicted molar refractivity (Wildman–Crippen MR) is 102 cm³/mol. The summed E-state index contributed by atoms with van der Waals surface area (Å²) in [6.07, 6.45) is 3.04. The second-order valence-corrected chi connectivity index (χ2v) is 7.19. The first-order valence-electron chi connectivity index (χ1n) is 8.51. The van der Waals surface area contributed by atoms with Crippen molar-refractivity contribution in [2.45, 2.75) is 36.9 Å². The summed E-state index contributed by atoms with van der Waals surface area (Å²) < 4.78 is 26.6. The molecule has 3 N–H and O–H groups in total. The molecule has 26 heavy (non-hydrogen) atoms. The molecule has 0 aliphatic heterocycles. The molecule has 0 unspecified atom stereocenters. The molecule has 5 nitrogen and oxygen atoms in total. The number of halogens is 2. The normalized spacial score (nSPS) is 18.5. The standard InChI is InChI=1S/C18H21F2N5S/c1-3-6-26-18-24-16(22-2)12(9-21)17(25-18)23-15-8-11(15)10-4-5-13(19)14(20)7-10/h4-5,7,9,11,15,21H,3,6,8H2,1-2H3,(H2,22,23,24,25)/t11-,15+/m0/s1. The van der Waals surface area contributed by atoms with Crippen LogP contribution in [-0.2, 0) is 0 Å². The van der Waals surface area contributed by atoms with Crippen LogP contribution in [0.3, 0.4) is 0 Å². The van der Waals surface area contributed by atoms with Crippen molar-refractivity contribution in [3.8, 4) is 0 Å². The lowest BCUT2D eigenvalue weighted by Crippen LogP contribution is -2.12. The third kappa shape index (κ3) is 3.95. The fraction of sp³-hybridized carbons (Fsp3) is 0.389. The van der Waals surface area contributed by atoms with Crippen molar-refractivity contribution in [2.24, 2.45) is 0 Å². The van der Waals surface area contributed by atoms with E-state index < -0.39 is 11.6 Å². The van der Waals surface area contributed by atoms with E-state index in [1.54, 1.807) is 24.9 Å². The van der Waals surface area contributed by atoms with Crippen molar-refractivity contribution in [1.82, 2.24) is 9.97 Å². The van der Waals surface area contributed by atoms with Crippen LogP contribution >= 0.6 is 11.8 Å². The Morgan fingerprint density at radius 3 is 2.69 bits per heavy atom. The van der Waals surface area contributed by atoms with Gasteiger partial charge in [0.1, 0.15) is 11.6 Å². The number of rotatable bonds is 8. The topological polar surface area (TPSA) is 73.7 Å². The van der Waals surface area contributed by atoms with Crippen LogP contribution in [0.5, 0.6) is 0 Å². The van der Waals surface area contributed by atoms with Crippen molar-refractivity contribution < 1.29 is 8.78 Å². The molecule has 1 aromatic heterocycles. The van der Waals surface area contributed by atoms with Crippen molar-refractivity contribution >= 4 is 29.6 Å². The van der Waals surface area contributed by atoms with E-state index in [2.05, 4.69) is 27.5 Å². The molecular formula is C18H21F2N5S. The van der Waals surface area contributed by atoms with E-state index in [-0.39, 0.29) is 12.0 Å². The summed E-state index contributed by atoms with van der Waals surface area (Å²) in [5.74, 6) is 0.536. The minimum absolute atomic E-state index is 0.0715. The number of anilines is 2. The van der Waals surface area contributed by atoms with E-state index in [1.165, 1.54) is 12.3 Å². The van der Waals surface area contributed by atoms with Gasteiger partial charge < -0.3 is 16.0 Å². The Bertz CT molecular complexity index is 814. The van der Waals surface area contributed by atoms with Crippen LogP contribution in [0.15, 0.2) is 23.4 Å². The summed E-state index contributed by atoms with van der Waals surface area (Å²) in [5.41, 5.74) is 1.35. The molecule has 1 fully saturated rings. The quantitative estimate of drug-likeness (QED) is 0.364. The molecule has 1 aliphatic rings. The minimum Gasteiger partial charge on any atom is -0.372 e. The van der Waals surface area contributed by atoms with Crippen molar-refractivity contribution in [3.63, 3.8) is 0 Å². The lowest BCUT2D eigenvalue weighted by atomic mass is 10.1. The highest BCUT2D eigenvalue weighted by molar-refractivity contribution is 7.99. The third-order valence-electron chi connectivity index (χ3n) is 4.23. The Hall–Kier alpha value is -2.22. The molecule has 3 rings (SSSR count). The molecule has 0 amide bonds. The van der Waals surface area contributed by atoms with Crippen LogP contribution < -0.4 is 10.6 Å². The van der Waals surface area contributed by atoms with Crippen molar-refractivity contribution in [3.05, 3.63) is 41.0 Å². The molecule has 138 valence electrons. The molecule has 1 aromatic carbocycles. The van der Waals surface area contributed by atoms with Crippen LogP contribution in [0.1, 0.15) is 36.8 Å². The summed E-state index contributed by atoms with van der Waals surface area (Å²) in [6.45, 7) is 2.09. The lowest BCUT2D eigenvalue weighted by Gasteiger charge is -2.13. The first-order chi connectivity index (χ1) is 12.6. The summed E-state index contributed by atoms with van der Waals surface area (Å²) >= 11 is 1.56. The Morgan fingerprint density at radius 1 is 1.27 bits per heavy atom. The minimum atomic E-state index is -0.836.